The van der Waals surface area contributed by atoms with Crippen molar-refractivity contribution in [2.45, 2.75) is 62.5 Å². The summed E-state index contributed by atoms with van der Waals surface area (Å²) in [5, 5.41) is 15.7. The molecule has 0 aliphatic carbocycles. The zero-order valence-electron chi connectivity index (χ0n) is 44.7. The van der Waals surface area contributed by atoms with Crippen LogP contribution in [0.4, 0.5) is 14.7 Å². The van der Waals surface area contributed by atoms with Crippen molar-refractivity contribution in [2.24, 2.45) is 5.16 Å². The number of esters is 1. The van der Waals surface area contributed by atoms with Crippen molar-refractivity contribution in [3.05, 3.63) is 242 Å². The molecule has 414 valence electrons. The number of rotatable bonds is 21. The number of carbonyl (C=O) groups excluding carboxylic acids is 5. The third-order valence-electron chi connectivity index (χ3n) is 12.6. The minimum Gasteiger partial charge on any atom is -0.497 e. The van der Waals surface area contributed by atoms with Crippen LogP contribution in [-0.4, -0.2) is 82.0 Å². The van der Waals surface area contributed by atoms with Gasteiger partial charge >= 0.3 is 18.2 Å². The van der Waals surface area contributed by atoms with Gasteiger partial charge in [0.25, 0.3) is 11.8 Å². The average molecular weight is 1140 g/mol. The smallest absolute Gasteiger partial charge is 0.413 e. The fourth-order valence-corrected chi connectivity index (χ4v) is 11.9. The number of carbonyl (C=O) groups is 5. The molecule has 4 amide bonds. The molecule has 2 aliphatic heterocycles. The van der Waals surface area contributed by atoms with Crippen molar-refractivity contribution in [1.29, 1.82) is 0 Å². The highest BCUT2D eigenvalue weighted by atomic mass is 32.2. The number of oxime groups is 1. The van der Waals surface area contributed by atoms with E-state index in [1.807, 2.05) is 170 Å². The number of amides is 4. The number of nitrogens with zero attached hydrogens (tertiary/aromatic N) is 3. The molecule has 1 aromatic heterocycles. The lowest BCUT2D eigenvalue weighted by molar-refractivity contribution is -0.154. The molecule has 0 spiro atoms. The third-order valence-corrected chi connectivity index (χ3v) is 15.8. The van der Waals surface area contributed by atoms with E-state index in [2.05, 4.69) is 26.1 Å². The van der Waals surface area contributed by atoms with Gasteiger partial charge in [-0.05, 0) is 61.4 Å². The number of nitrogens with one attached hydrogen (secondary N) is 3. The number of thiazole rings is 1. The molecule has 1 unspecified atom stereocenters. The second kappa shape index (κ2) is 26.5. The fraction of sp³-hybridized carbons (Fsp3) is 0.210. The summed E-state index contributed by atoms with van der Waals surface area (Å²) in [4.78, 5) is 83.4. The first-order valence-electron chi connectivity index (χ1n) is 25.8. The maximum atomic E-state index is 15.0. The third kappa shape index (κ3) is 14.0. The molecule has 3 N–H and O–H groups in total. The number of β-lactam (4-membered cyclic amide) rings is 1. The molecule has 3 heterocycles. The number of alkyl carbamates (subject to hydrolysis) is 1. The highest BCUT2D eigenvalue weighted by molar-refractivity contribution is 8.08. The van der Waals surface area contributed by atoms with Crippen LogP contribution in [-0.2, 0) is 45.6 Å². The molecule has 81 heavy (non-hydrogen) atoms. The second-order valence-electron chi connectivity index (χ2n) is 19.3. The molecule has 7 aromatic rings. The van der Waals surface area contributed by atoms with E-state index in [4.69, 9.17) is 23.8 Å². The highest BCUT2D eigenvalue weighted by Gasteiger charge is 2.55. The number of benzene rings is 6. The number of hydrogen-bond acceptors (Lipinski definition) is 15. The van der Waals surface area contributed by atoms with E-state index in [9.17, 15) is 19.2 Å². The van der Waals surface area contributed by atoms with Gasteiger partial charge in [-0.3, -0.25) is 19.8 Å². The molecule has 9 rings (SSSR count). The van der Waals surface area contributed by atoms with E-state index in [1.165, 1.54) is 28.4 Å². The maximum absolute atomic E-state index is 15.0. The predicted octanol–water partition coefficient (Wildman–Crippen LogP) is 11.7. The van der Waals surface area contributed by atoms with Crippen molar-refractivity contribution >= 4 is 75.7 Å². The number of aromatic nitrogens is 1. The molecule has 1 saturated heterocycles. The van der Waals surface area contributed by atoms with Gasteiger partial charge in [-0.2, -0.15) is 0 Å². The van der Waals surface area contributed by atoms with E-state index in [-0.39, 0.29) is 41.1 Å². The molecule has 16 nitrogen and oxygen atoms in total. The van der Waals surface area contributed by atoms with Gasteiger partial charge < -0.3 is 34.4 Å². The van der Waals surface area contributed by atoms with Crippen LogP contribution in [0.15, 0.2) is 209 Å². The Balaban J connectivity index is 0.996. The number of ether oxygens (including phenoxy) is 4. The first-order chi connectivity index (χ1) is 39.3. The lowest BCUT2D eigenvalue weighted by Gasteiger charge is -2.49. The van der Waals surface area contributed by atoms with Gasteiger partial charge in [0.2, 0.25) is 5.60 Å². The SMILES string of the molecule is COc1ccc(COC(=O)NCC/C=C\SC2=C(C(=O)OC(c3ccccc3)c3ccccc3)N3C(=O)C(NC(=O)/C(=N\OC(c4ccccc4)(c4ccccc4)c4ccccc4)c4csc(NC(=O)OC(C)(C)C)n4)[C@H]3SC2)cc1. The molecular formula is C62H58N6O10S3. The standard InChI is InChI=1S/C62H58N6O10S3/c1-61(2,3)77-60(73)66-58-64-48(39-81-58)50(67-78-62(44-26-14-7-15-27-44,45-28-16-8-17-29-45)46-30-18-9-19-31-46)54(69)65-51-55(70)68-52(57(71)76-53(42-22-10-5-11-23-42)43-24-12-6-13-25-43)49(40-80-56(51)68)79-37-21-20-36-63-59(72)75-38-41-32-34-47(74-4)35-33-41/h5-19,21-35,37,39,51,53,56H,20,36,38,40H2,1-4H3,(H,63,72)(H,65,69)(H,64,66,73)/b37-21-,67-50-/t51?,56-/m1/s1. The van der Waals surface area contributed by atoms with E-state index >= 15 is 4.79 Å². The molecule has 2 aliphatic rings. The van der Waals surface area contributed by atoms with E-state index in [0.717, 1.165) is 28.0 Å². The Labute approximate surface area is 482 Å². The van der Waals surface area contributed by atoms with E-state index < -0.39 is 58.7 Å². The highest BCUT2D eigenvalue weighted by Crippen LogP contribution is 2.45. The number of hydrogen-bond donors (Lipinski definition) is 3. The molecule has 0 bridgehead atoms. The number of anilines is 1. The Morgan fingerprint density at radius 1 is 0.778 bits per heavy atom. The molecule has 19 heteroatoms. The monoisotopic (exact) mass is 1140 g/mol. The second-order valence-corrected chi connectivity index (χ2v) is 22.3. The van der Waals surface area contributed by atoms with Crippen molar-refractivity contribution in [3.8, 4) is 5.75 Å². The predicted molar refractivity (Wildman–Crippen MR) is 314 cm³/mol. The van der Waals surface area contributed by atoms with Gasteiger partial charge in [0, 0.05) is 39.3 Å². The Morgan fingerprint density at radius 2 is 1.35 bits per heavy atom. The average Bonchev–Trinajstić information content (AvgIpc) is 4.10. The van der Waals surface area contributed by atoms with Gasteiger partial charge in [0.15, 0.2) is 16.9 Å². The van der Waals surface area contributed by atoms with Crippen molar-refractivity contribution in [3.63, 3.8) is 0 Å². The zero-order valence-corrected chi connectivity index (χ0v) is 47.1. The van der Waals surface area contributed by atoms with Crippen LogP contribution in [0.1, 0.15) is 72.4 Å². The van der Waals surface area contributed by atoms with Crippen LogP contribution in [0, 0.1) is 0 Å². The Bertz CT molecular complexity index is 3260. The number of methoxy groups -OCH3 is 1. The van der Waals surface area contributed by atoms with Gasteiger partial charge in [-0.25, -0.2) is 19.4 Å². The molecule has 0 saturated carbocycles. The van der Waals surface area contributed by atoms with Gasteiger partial charge in [-0.1, -0.05) is 187 Å². The summed E-state index contributed by atoms with van der Waals surface area (Å²) in [6.45, 7) is 5.57. The first kappa shape index (κ1) is 57.0. The summed E-state index contributed by atoms with van der Waals surface area (Å²) in [6.07, 6.45) is 0.125. The summed E-state index contributed by atoms with van der Waals surface area (Å²) in [5.74, 6) is -1.16. The van der Waals surface area contributed by atoms with Crippen LogP contribution in [0.3, 0.4) is 0 Å². The van der Waals surface area contributed by atoms with Crippen LogP contribution < -0.4 is 20.7 Å². The minimum absolute atomic E-state index is 0.0361. The van der Waals surface area contributed by atoms with Crippen LogP contribution in [0.2, 0.25) is 0 Å². The summed E-state index contributed by atoms with van der Waals surface area (Å²) in [6, 6.07) is 53.1. The summed E-state index contributed by atoms with van der Waals surface area (Å²) < 4.78 is 22.4. The van der Waals surface area contributed by atoms with Crippen molar-refractivity contribution < 1.29 is 47.8 Å². The Hall–Kier alpha value is -8.65. The van der Waals surface area contributed by atoms with E-state index in [0.29, 0.717) is 33.8 Å². The van der Waals surface area contributed by atoms with Crippen molar-refractivity contribution in [2.75, 3.05) is 24.7 Å². The van der Waals surface area contributed by atoms with Gasteiger partial charge in [0.05, 0.1) is 7.11 Å². The zero-order chi connectivity index (χ0) is 56.8. The number of fused-ring (bicyclic) bond motifs is 1. The summed E-state index contributed by atoms with van der Waals surface area (Å²) >= 11 is 3.65. The molecular weight excluding hydrogens is 1080 g/mol. The van der Waals surface area contributed by atoms with Crippen LogP contribution >= 0.6 is 34.9 Å². The quantitative estimate of drug-likeness (QED) is 0.0117. The Kier molecular flexibility index (Phi) is 18.7. The molecule has 6 aromatic carbocycles. The summed E-state index contributed by atoms with van der Waals surface area (Å²) in [7, 11) is 1.58. The maximum Gasteiger partial charge on any atom is 0.413 e. The largest absolute Gasteiger partial charge is 0.497 e. The molecule has 1 fully saturated rings. The normalized spacial score (nSPS) is 15.3. The number of thioether (sulfide) groups is 2. The van der Waals surface area contributed by atoms with Gasteiger partial charge in [0.1, 0.15) is 40.8 Å². The molecule has 2 atom stereocenters. The Morgan fingerprint density at radius 3 is 1.90 bits per heavy atom. The van der Waals surface area contributed by atoms with Crippen molar-refractivity contribution in [1.82, 2.24) is 20.5 Å². The van der Waals surface area contributed by atoms with Crippen LogP contribution in [0.5, 0.6) is 5.75 Å². The van der Waals surface area contributed by atoms with Crippen LogP contribution in [0.25, 0.3) is 0 Å². The van der Waals surface area contributed by atoms with Gasteiger partial charge in [-0.15, -0.1) is 23.1 Å². The fourth-order valence-electron chi connectivity index (χ4n) is 8.83. The summed E-state index contributed by atoms with van der Waals surface area (Å²) in [5.41, 5.74) is 1.92. The minimum atomic E-state index is -1.41. The topological polar surface area (TPSA) is 196 Å². The first-order valence-corrected chi connectivity index (χ1v) is 28.7. The molecule has 0 radical (unpaired) electrons. The van der Waals surface area contributed by atoms with E-state index in [1.54, 1.807) is 50.8 Å². The lowest BCUT2D eigenvalue weighted by atomic mass is 9.80. The lowest BCUT2D eigenvalue weighted by Crippen LogP contribution is -2.71.